The van der Waals surface area contributed by atoms with Crippen LogP contribution in [0.15, 0.2) is 35.5 Å². The monoisotopic (exact) mass is 367 g/mol. The van der Waals surface area contributed by atoms with E-state index in [1.54, 1.807) is 27.4 Å². The minimum absolute atomic E-state index is 0.287. The molecule has 1 saturated carbocycles. The number of halogens is 1. The second kappa shape index (κ2) is 5.71. The number of fused-ring (bicyclic) bond motifs is 2. The van der Waals surface area contributed by atoms with E-state index in [1.807, 2.05) is 0 Å². The summed E-state index contributed by atoms with van der Waals surface area (Å²) in [6.45, 7) is 0. The molecule has 0 amide bonds. The fraction of sp³-hybridized carbons (Fsp3) is 0.333. The van der Waals surface area contributed by atoms with Gasteiger partial charge in [0.1, 0.15) is 22.7 Å². The molecule has 0 spiro atoms. The van der Waals surface area contributed by atoms with E-state index in [4.69, 9.17) is 5.73 Å². The highest BCUT2D eigenvalue weighted by Gasteiger charge is 2.33. The van der Waals surface area contributed by atoms with E-state index in [1.165, 1.54) is 12.3 Å². The molecule has 4 aromatic heterocycles. The number of imidazole rings is 2. The predicted octanol–water partition coefficient (Wildman–Crippen LogP) is 2.15. The van der Waals surface area contributed by atoms with Gasteiger partial charge >= 0.3 is 5.69 Å². The molecule has 0 aromatic carbocycles. The van der Waals surface area contributed by atoms with E-state index in [9.17, 15) is 9.18 Å². The minimum atomic E-state index is -0.759. The van der Waals surface area contributed by atoms with E-state index in [-0.39, 0.29) is 11.5 Å². The summed E-state index contributed by atoms with van der Waals surface area (Å²) in [6.07, 6.45) is 8.98. The van der Waals surface area contributed by atoms with Crippen molar-refractivity contribution in [2.75, 3.05) is 0 Å². The van der Waals surface area contributed by atoms with E-state index < -0.39 is 5.66 Å². The number of aromatic amines is 1. The molecular formula is C18H18FN7O. The zero-order chi connectivity index (χ0) is 18.6. The molecule has 0 unspecified atom stereocenters. The van der Waals surface area contributed by atoms with Crippen LogP contribution < -0.4 is 11.4 Å². The lowest BCUT2D eigenvalue weighted by atomic mass is 9.89. The Morgan fingerprint density at radius 3 is 2.78 bits per heavy atom. The molecule has 4 aromatic rings. The van der Waals surface area contributed by atoms with Crippen molar-refractivity contribution in [2.24, 2.45) is 5.73 Å². The number of nitrogens with one attached hydrogen (secondary N) is 1. The third-order valence-electron chi connectivity index (χ3n) is 5.29. The molecule has 1 fully saturated rings. The maximum absolute atomic E-state index is 13.7. The van der Waals surface area contributed by atoms with Crippen molar-refractivity contribution >= 4 is 16.8 Å². The number of rotatable bonds is 2. The van der Waals surface area contributed by atoms with Gasteiger partial charge in [0, 0.05) is 6.20 Å². The largest absolute Gasteiger partial charge is 0.329 e. The first-order chi connectivity index (χ1) is 13.0. The first-order valence-corrected chi connectivity index (χ1v) is 8.95. The van der Waals surface area contributed by atoms with Gasteiger partial charge in [-0.3, -0.25) is 8.97 Å². The molecule has 3 N–H and O–H groups in total. The Balaban J connectivity index is 1.72. The van der Waals surface area contributed by atoms with E-state index in [0.29, 0.717) is 28.3 Å². The van der Waals surface area contributed by atoms with Crippen LogP contribution in [0.2, 0.25) is 0 Å². The maximum atomic E-state index is 13.7. The smallest absolute Gasteiger partial charge is 0.308 e. The van der Waals surface area contributed by atoms with Crippen molar-refractivity contribution in [1.29, 1.82) is 0 Å². The summed E-state index contributed by atoms with van der Waals surface area (Å²) >= 11 is 0. The zero-order valence-electron chi connectivity index (χ0n) is 14.5. The molecule has 8 nitrogen and oxygen atoms in total. The van der Waals surface area contributed by atoms with E-state index in [0.717, 1.165) is 32.1 Å². The van der Waals surface area contributed by atoms with Crippen LogP contribution in [0, 0.1) is 5.82 Å². The van der Waals surface area contributed by atoms with Gasteiger partial charge < -0.3 is 10.7 Å². The standard InChI is InChI=1S/C18H18FN7O/c19-11-4-5-14-21-9-13(25(14)10-11)15-22-8-12-16(24-15)26(17(27)23-12)18(20)6-2-1-3-7-18/h4-5,8-10H,1-3,6-7,20H2,(H,23,27). The summed E-state index contributed by atoms with van der Waals surface area (Å²) in [5.74, 6) is -0.0303. The van der Waals surface area contributed by atoms with Gasteiger partial charge in [-0.1, -0.05) is 6.42 Å². The Kier molecular flexibility index (Phi) is 3.41. The van der Waals surface area contributed by atoms with Crippen LogP contribution in [0.3, 0.4) is 0 Å². The maximum Gasteiger partial charge on any atom is 0.329 e. The molecular weight excluding hydrogens is 349 g/mol. The molecule has 0 atom stereocenters. The Morgan fingerprint density at radius 2 is 1.96 bits per heavy atom. The predicted molar refractivity (Wildman–Crippen MR) is 97.5 cm³/mol. The summed E-state index contributed by atoms with van der Waals surface area (Å²) < 4.78 is 16.8. The van der Waals surface area contributed by atoms with Gasteiger partial charge in [-0.2, -0.15) is 0 Å². The molecule has 5 rings (SSSR count). The fourth-order valence-corrected chi connectivity index (χ4v) is 3.94. The molecule has 0 radical (unpaired) electrons. The Hall–Kier alpha value is -3.07. The lowest BCUT2D eigenvalue weighted by Crippen LogP contribution is -2.49. The SMILES string of the molecule is NC1(n2c(=O)[nH]c3cnc(-c4cnc5ccc(F)cn45)nc32)CCCCC1. The van der Waals surface area contributed by atoms with Crippen LogP contribution in [0.25, 0.3) is 28.3 Å². The van der Waals surface area contributed by atoms with Gasteiger partial charge in [0.15, 0.2) is 11.5 Å². The third kappa shape index (κ3) is 2.46. The van der Waals surface area contributed by atoms with Crippen LogP contribution in [0.4, 0.5) is 4.39 Å². The lowest BCUT2D eigenvalue weighted by molar-refractivity contribution is 0.202. The summed E-state index contributed by atoms with van der Waals surface area (Å²) in [6, 6.07) is 2.93. The number of nitrogens with zero attached hydrogens (tertiary/aromatic N) is 5. The molecule has 27 heavy (non-hydrogen) atoms. The Labute approximate surface area is 152 Å². The average molecular weight is 367 g/mol. The number of H-pyrrole nitrogens is 1. The van der Waals surface area contributed by atoms with Crippen LogP contribution in [0.5, 0.6) is 0 Å². The summed E-state index contributed by atoms with van der Waals surface area (Å²) in [7, 11) is 0. The molecule has 9 heteroatoms. The van der Waals surface area contributed by atoms with Crippen LogP contribution in [0.1, 0.15) is 32.1 Å². The van der Waals surface area contributed by atoms with Gasteiger partial charge in [0.25, 0.3) is 0 Å². The van der Waals surface area contributed by atoms with E-state index in [2.05, 4.69) is 19.9 Å². The van der Waals surface area contributed by atoms with Crippen molar-refractivity contribution in [1.82, 2.24) is 28.9 Å². The summed E-state index contributed by atoms with van der Waals surface area (Å²) in [5.41, 5.74) is 7.66. The van der Waals surface area contributed by atoms with Crippen molar-refractivity contribution in [3.05, 3.63) is 47.0 Å². The molecule has 138 valence electrons. The second-order valence-corrected chi connectivity index (χ2v) is 7.08. The lowest BCUT2D eigenvalue weighted by Gasteiger charge is -2.34. The highest BCUT2D eigenvalue weighted by molar-refractivity contribution is 5.73. The van der Waals surface area contributed by atoms with Crippen molar-refractivity contribution < 1.29 is 4.39 Å². The zero-order valence-corrected chi connectivity index (χ0v) is 14.5. The van der Waals surface area contributed by atoms with Crippen molar-refractivity contribution in [3.8, 4) is 11.5 Å². The van der Waals surface area contributed by atoms with Crippen LogP contribution >= 0.6 is 0 Å². The third-order valence-corrected chi connectivity index (χ3v) is 5.29. The minimum Gasteiger partial charge on any atom is -0.308 e. The van der Waals surface area contributed by atoms with Gasteiger partial charge in [-0.15, -0.1) is 0 Å². The fourth-order valence-electron chi connectivity index (χ4n) is 3.94. The van der Waals surface area contributed by atoms with Crippen molar-refractivity contribution in [2.45, 2.75) is 37.8 Å². The first kappa shape index (κ1) is 16.1. The molecule has 1 aliphatic carbocycles. The van der Waals surface area contributed by atoms with Gasteiger partial charge in [0.2, 0.25) is 0 Å². The molecule has 0 bridgehead atoms. The van der Waals surface area contributed by atoms with E-state index >= 15 is 0 Å². The summed E-state index contributed by atoms with van der Waals surface area (Å²) in [4.78, 5) is 28.6. The number of hydrogen-bond donors (Lipinski definition) is 2. The molecule has 4 heterocycles. The molecule has 1 aliphatic rings. The average Bonchev–Trinajstić information content (AvgIpc) is 3.21. The van der Waals surface area contributed by atoms with Crippen LogP contribution in [-0.2, 0) is 5.66 Å². The van der Waals surface area contributed by atoms with Gasteiger partial charge in [0.05, 0.1) is 18.1 Å². The molecule has 0 saturated heterocycles. The van der Waals surface area contributed by atoms with Gasteiger partial charge in [-0.25, -0.2) is 24.1 Å². The number of aromatic nitrogens is 6. The normalized spacial score (nSPS) is 17.0. The van der Waals surface area contributed by atoms with Crippen LogP contribution in [-0.4, -0.2) is 28.9 Å². The Morgan fingerprint density at radius 1 is 1.15 bits per heavy atom. The van der Waals surface area contributed by atoms with Crippen molar-refractivity contribution in [3.63, 3.8) is 0 Å². The molecule has 0 aliphatic heterocycles. The Bertz CT molecular complexity index is 1220. The second-order valence-electron chi connectivity index (χ2n) is 7.08. The number of hydrogen-bond acceptors (Lipinski definition) is 5. The number of pyridine rings is 1. The highest BCUT2D eigenvalue weighted by Crippen LogP contribution is 2.31. The topological polar surface area (TPSA) is 107 Å². The summed E-state index contributed by atoms with van der Waals surface area (Å²) in [5, 5.41) is 0. The first-order valence-electron chi connectivity index (χ1n) is 8.95. The highest BCUT2D eigenvalue weighted by atomic mass is 19.1. The quantitative estimate of drug-likeness (QED) is 0.564. The van der Waals surface area contributed by atoms with Gasteiger partial charge in [-0.05, 0) is 37.8 Å². The number of nitrogens with two attached hydrogens (primary N) is 1.